The Morgan fingerprint density at radius 3 is 2.85 bits per heavy atom. The summed E-state index contributed by atoms with van der Waals surface area (Å²) in [5.41, 5.74) is 3.82. The van der Waals surface area contributed by atoms with Crippen molar-refractivity contribution >= 4 is 17.3 Å². The number of nitrogens with zero attached hydrogens (tertiary/aromatic N) is 1. The van der Waals surface area contributed by atoms with E-state index in [9.17, 15) is 0 Å². The zero-order chi connectivity index (χ0) is 13.5. The summed E-state index contributed by atoms with van der Waals surface area (Å²) in [5.74, 6) is 1.02. The molecule has 0 spiro atoms. The van der Waals surface area contributed by atoms with Gasteiger partial charge >= 0.3 is 0 Å². The predicted molar refractivity (Wildman–Crippen MR) is 82.0 cm³/mol. The van der Waals surface area contributed by atoms with Crippen LogP contribution >= 0.6 is 11.6 Å². The molecule has 3 atom stereocenters. The minimum Gasteiger partial charge on any atom is -0.378 e. The second-order valence-electron chi connectivity index (χ2n) is 5.49. The molecular formula is C17H15ClN2. The lowest BCUT2D eigenvalue weighted by molar-refractivity contribution is 0.425. The lowest BCUT2D eigenvalue weighted by Crippen LogP contribution is -2.29. The van der Waals surface area contributed by atoms with E-state index in [0.717, 1.165) is 11.4 Å². The van der Waals surface area contributed by atoms with Crippen LogP contribution in [0.1, 0.15) is 29.5 Å². The van der Waals surface area contributed by atoms with Gasteiger partial charge in [0, 0.05) is 29.0 Å². The highest BCUT2D eigenvalue weighted by Crippen LogP contribution is 2.50. The molecule has 0 bridgehead atoms. The van der Waals surface area contributed by atoms with E-state index < -0.39 is 0 Å². The molecule has 100 valence electrons. The van der Waals surface area contributed by atoms with Crippen LogP contribution in [0.3, 0.4) is 0 Å². The molecule has 2 heterocycles. The highest BCUT2D eigenvalue weighted by Gasteiger charge is 2.37. The molecule has 0 amide bonds. The van der Waals surface area contributed by atoms with Crippen molar-refractivity contribution in [1.82, 2.24) is 4.98 Å². The Morgan fingerprint density at radius 2 is 2.00 bits per heavy atom. The number of fused-ring (bicyclic) bond motifs is 3. The number of halogens is 1. The van der Waals surface area contributed by atoms with E-state index in [2.05, 4.69) is 46.7 Å². The fourth-order valence-corrected chi connectivity index (χ4v) is 3.65. The number of nitrogens with one attached hydrogen (secondary N) is 1. The number of rotatable bonds is 1. The number of hydrogen-bond donors (Lipinski definition) is 1. The fourth-order valence-electron chi connectivity index (χ4n) is 3.47. The molecule has 3 heteroatoms. The Kier molecular flexibility index (Phi) is 2.78. The van der Waals surface area contributed by atoms with Gasteiger partial charge in [-0.05, 0) is 53.8 Å². The van der Waals surface area contributed by atoms with E-state index >= 15 is 0 Å². The lowest BCUT2D eigenvalue weighted by atomic mass is 9.77. The third-order valence-electron chi connectivity index (χ3n) is 4.39. The molecule has 2 aliphatic rings. The molecule has 1 aromatic heterocycles. The Hall–Kier alpha value is -1.80. The maximum absolute atomic E-state index is 6.16. The summed E-state index contributed by atoms with van der Waals surface area (Å²) in [5, 5.41) is 4.50. The Bertz CT molecular complexity index is 666. The van der Waals surface area contributed by atoms with Crippen molar-refractivity contribution in [2.45, 2.75) is 18.4 Å². The third-order valence-corrected chi connectivity index (χ3v) is 4.63. The van der Waals surface area contributed by atoms with Crippen molar-refractivity contribution in [3.05, 3.63) is 71.0 Å². The van der Waals surface area contributed by atoms with Gasteiger partial charge in [0.05, 0.1) is 6.04 Å². The maximum Gasteiger partial charge on any atom is 0.0555 e. The van der Waals surface area contributed by atoms with Crippen molar-refractivity contribution in [2.75, 3.05) is 5.32 Å². The van der Waals surface area contributed by atoms with Gasteiger partial charge in [-0.2, -0.15) is 0 Å². The molecule has 0 radical (unpaired) electrons. The van der Waals surface area contributed by atoms with Crippen molar-refractivity contribution in [2.24, 2.45) is 5.92 Å². The predicted octanol–water partition coefficient (Wildman–Crippen LogP) is 4.56. The molecule has 1 aliphatic carbocycles. The summed E-state index contributed by atoms with van der Waals surface area (Å²) >= 11 is 6.16. The maximum atomic E-state index is 6.16. The third kappa shape index (κ3) is 1.83. The summed E-state index contributed by atoms with van der Waals surface area (Å²) in [6, 6.07) is 10.7. The first-order valence-corrected chi connectivity index (χ1v) is 7.33. The van der Waals surface area contributed by atoms with Crippen LogP contribution in [-0.2, 0) is 0 Å². The lowest BCUT2D eigenvalue weighted by Gasteiger charge is -2.37. The van der Waals surface area contributed by atoms with Crippen LogP contribution < -0.4 is 5.32 Å². The highest BCUT2D eigenvalue weighted by atomic mass is 35.5. The molecule has 4 rings (SSSR count). The molecular weight excluding hydrogens is 268 g/mol. The summed E-state index contributed by atoms with van der Waals surface area (Å²) in [7, 11) is 0. The Balaban J connectivity index is 1.80. The van der Waals surface area contributed by atoms with Gasteiger partial charge in [-0.1, -0.05) is 23.8 Å². The van der Waals surface area contributed by atoms with E-state index in [-0.39, 0.29) is 0 Å². The van der Waals surface area contributed by atoms with Gasteiger partial charge in [-0.15, -0.1) is 0 Å². The second kappa shape index (κ2) is 4.64. The second-order valence-corrected chi connectivity index (χ2v) is 5.92. The minimum atomic E-state index is 0.340. The van der Waals surface area contributed by atoms with Gasteiger partial charge in [0.2, 0.25) is 0 Å². The number of pyridine rings is 1. The van der Waals surface area contributed by atoms with E-state index in [1.165, 1.54) is 16.8 Å². The van der Waals surface area contributed by atoms with Crippen LogP contribution in [0.15, 0.2) is 54.9 Å². The molecule has 0 saturated heterocycles. The largest absolute Gasteiger partial charge is 0.378 e. The summed E-state index contributed by atoms with van der Waals surface area (Å²) in [6.07, 6.45) is 9.46. The minimum absolute atomic E-state index is 0.340. The number of aromatic nitrogens is 1. The molecule has 1 aromatic carbocycles. The van der Waals surface area contributed by atoms with Gasteiger partial charge in [0.15, 0.2) is 0 Å². The van der Waals surface area contributed by atoms with Crippen LogP contribution in [0.25, 0.3) is 0 Å². The van der Waals surface area contributed by atoms with Crippen LogP contribution in [0.5, 0.6) is 0 Å². The summed E-state index contributed by atoms with van der Waals surface area (Å²) in [4.78, 5) is 4.12. The van der Waals surface area contributed by atoms with E-state index in [1.807, 2.05) is 18.5 Å². The SMILES string of the molecule is Clc1ccc2c(c1)[C@@H]1C=CC[C@H]1[C@@H](c1ccncc1)N2. The zero-order valence-corrected chi connectivity index (χ0v) is 11.7. The Labute approximate surface area is 123 Å². The first-order chi connectivity index (χ1) is 9.83. The molecule has 20 heavy (non-hydrogen) atoms. The van der Waals surface area contributed by atoms with Gasteiger partial charge in [-0.25, -0.2) is 0 Å². The molecule has 0 saturated carbocycles. The smallest absolute Gasteiger partial charge is 0.0555 e. The molecule has 2 nitrogen and oxygen atoms in total. The fraction of sp³-hybridized carbons (Fsp3) is 0.235. The molecule has 1 N–H and O–H groups in total. The standard InChI is InChI=1S/C17H15ClN2/c18-12-4-5-16-15(10-12)13-2-1-3-14(13)17(20-16)11-6-8-19-9-7-11/h1-2,4-10,13-14,17,20H,3H2/t13-,14-,17-/m1/s1. The number of benzene rings is 1. The molecule has 1 aliphatic heterocycles. The van der Waals surface area contributed by atoms with Crippen molar-refractivity contribution in [1.29, 1.82) is 0 Å². The van der Waals surface area contributed by atoms with E-state index in [4.69, 9.17) is 11.6 Å². The van der Waals surface area contributed by atoms with Crippen LogP contribution in [0, 0.1) is 5.92 Å². The van der Waals surface area contributed by atoms with E-state index in [1.54, 1.807) is 0 Å². The van der Waals surface area contributed by atoms with Gasteiger partial charge in [-0.3, -0.25) is 4.98 Å². The summed E-state index contributed by atoms with van der Waals surface area (Å²) in [6.45, 7) is 0. The highest BCUT2D eigenvalue weighted by molar-refractivity contribution is 6.30. The van der Waals surface area contributed by atoms with Gasteiger partial charge < -0.3 is 5.32 Å². The number of allylic oxidation sites excluding steroid dienone is 2. The van der Waals surface area contributed by atoms with Crippen molar-refractivity contribution in [3.8, 4) is 0 Å². The normalized spacial score (nSPS) is 26.8. The first-order valence-electron chi connectivity index (χ1n) is 6.95. The number of hydrogen-bond acceptors (Lipinski definition) is 2. The average Bonchev–Trinajstić information content (AvgIpc) is 2.97. The molecule has 2 aromatic rings. The molecule has 0 unspecified atom stereocenters. The first kappa shape index (κ1) is 12.0. The zero-order valence-electron chi connectivity index (χ0n) is 11.0. The van der Waals surface area contributed by atoms with Crippen molar-refractivity contribution in [3.63, 3.8) is 0 Å². The van der Waals surface area contributed by atoms with Crippen molar-refractivity contribution < 1.29 is 0 Å². The van der Waals surface area contributed by atoms with Crippen LogP contribution in [-0.4, -0.2) is 4.98 Å². The van der Waals surface area contributed by atoms with Gasteiger partial charge in [0.1, 0.15) is 0 Å². The average molecular weight is 283 g/mol. The summed E-state index contributed by atoms with van der Waals surface area (Å²) < 4.78 is 0. The monoisotopic (exact) mass is 282 g/mol. The quantitative estimate of drug-likeness (QED) is 0.776. The molecule has 0 fully saturated rings. The van der Waals surface area contributed by atoms with Crippen LogP contribution in [0.2, 0.25) is 5.02 Å². The van der Waals surface area contributed by atoms with Gasteiger partial charge in [0.25, 0.3) is 0 Å². The topological polar surface area (TPSA) is 24.9 Å². The number of anilines is 1. The van der Waals surface area contributed by atoms with Crippen LogP contribution in [0.4, 0.5) is 5.69 Å². The Morgan fingerprint density at radius 1 is 1.15 bits per heavy atom. The van der Waals surface area contributed by atoms with E-state index in [0.29, 0.717) is 17.9 Å².